The Balaban J connectivity index is -0.0000000490. The van der Waals surface area contributed by atoms with Crippen molar-refractivity contribution in [3.63, 3.8) is 0 Å². The summed E-state index contributed by atoms with van der Waals surface area (Å²) in [7, 11) is 4.55. The van der Waals surface area contributed by atoms with E-state index in [1.54, 1.807) is 40.9 Å². The van der Waals surface area contributed by atoms with Crippen molar-refractivity contribution in [3.8, 4) is 249 Å². The number of terminal acetylenes is 1. The van der Waals surface area contributed by atoms with Gasteiger partial charge in [-0.3, -0.25) is 14.4 Å². The predicted octanol–water partition coefficient (Wildman–Crippen LogP) is 10.8. The number of fused-ring (bicyclic) bond motifs is 3. The molecule has 0 spiro atoms. The van der Waals surface area contributed by atoms with Crippen LogP contribution in [0.4, 0.5) is 0 Å². The highest BCUT2D eigenvalue weighted by Crippen LogP contribution is 2.39. The monoisotopic (exact) mass is 1610 g/mol. The maximum Gasteiger partial charge on any atom is 0.329 e. The van der Waals surface area contributed by atoms with Crippen LogP contribution in [0.2, 0.25) is 0 Å². The summed E-state index contributed by atoms with van der Waals surface area (Å²) < 4.78 is 29.6. The molecule has 0 aromatic heterocycles. The molecule has 2 bridgehead atoms. The highest BCUT2D eigenvalue weighted by Gasteiger charge is 2.57. The summed E-state index contributed by atoms with van der Waals surface area (Å²) in [6, 6.07) is -1.17. The van der Waals surface area contributed by atoms with Crippen molar-refractivity contribution in [2.45, 2.75) is 167 Å². The number of hydrogen-bond donors (Lipinski definition) is 6. The summed E-state index contributed by atoms with van der Waals surface area (Å²) in [5, 5.41) is 78.4. The Hall–Kier alpha value is -12.6. The molecule has 6 N–H and O–H groups in total. The van der Waals surface area contributed by atoms with E-state index in [-0.39, 0.29) is 100 Å². The highest BCUT2D eigenvalue weighted by atomic mass is 17.9. The van der Waals surface area contributed by atoms with Gasteiger partial charge >= 0.3 is 5.97 Å². The summed E-state index contributed by atoms with van der Waals surface area (Å²) in [6.07, 6.45) is 7.56. The summed E-state index contributed by atoms with van der Waals surface area (Å²) >= 11 is 0. The number of piperidine rings is 1. The van der Waals surface area contributed by atoms with Gasteiger partial charge in [0.15, 0.2) is 0 Å². The van der Waals surface area contributed by atoms with Crippen LogP contribution in [-0.2, 0) is 103 Å². The molecule has 0 unspecified atom stereocenters. The number of hydrogen-bond acceptors (Lipinski definition) is 27. The van der Waals surface area contributed by atoms with E-state index in [1.165, 1.54) is 19.9 Å². The number of amides is 1. The standard InChI is InChI=1S/C43H67NO13.C43H4.H3NO13.31H2/c1-24-17-25(2)19-36(54-7)39-37(55-8)21-27(4)43(52,57-39)40(49)41(50)44-15-10-9-11-31(44)42(51)56-38(26(3)20-29-12-13-32(46)35(22-29)53-6)28(5)33(47)23-34(48)30(18-24)14-16-45;1-3-5-7-9-11-13-15-17-19-21-23-25-27-29-31-33-35-37-39-41-43-42-40-38-36-34-32-30-28-26-24-22-20-18-16-14-12-10-8-6-4-2;2-6-10-12-8-4-1-5-9-13-14-11-7-3;;;;;;;;;;;;;;;;;;;;;;;;;;;;;;;/h16,18,20,25,27-33,35-39,46-47,52H,9-15,17,19,21-23H2,1-8H3;1H,2H3;1-3H;31*1H/b24-18+,26-20+;;;;;;;;;;;;;;;;;;;;;;;;;;;;;;;;;/t25-,27+,28+,29-,30+,31-,32+,33-,35+,36-,37-,38+,39+,43+;;;;;;;;;;;;;;;;;;;;;;;;;;;;;;;;;/m0................................./s1. The molecule has 1 aliphatic carbocycles. The lowest BCUT2D eigenvalue weighted by Gasteiger charge is -2.47. The van der Waals surface area contributed by atoms with Gasteiger partial charge in [0.05, 0.1) is 30.5 Å². The van der Waals surface area contributed by atoms with Crippen molar-refractivity contribution in [2.75, 3.05) is 27.9 Å². The van der Waals surface area contributed by atoms with E-state index < -0.39 is 83.9 Å². The van der Waals surface area contributed by atoms with Gasteiger partial charge < -0.3 is 48.7 Å². The lowest BCUT2D eigenvalue weighted by atomic mass is 9.81. The maximum absolute atomic E-state index is 14.3. The Bertz CT molecular complexity index is 4930. The third kappa shape index (κ3) is 41.4. The number of aliphatic hydroxyl groups excluding tert-OH is 2. The minimum atomic E-state index is -2.53. The minimum Gasteiger partial charge on any atom is -0.456 e. The van der Waals surface area contributed by atoms with Crippen molar-refractivity contribution >= 4 is 29.7 Å². The molecule has 0 radical (unpaired) electrons. The molecule has 3 aliphatic heterocycles. The van der Waals surface area contributed by atoms with Crippen molar-refractivity contribution in [3.05, 3.63) is 23.3 Å². The van der Waals surface area contributed by atoms with Crippen LogP contribution in [-0.4, -0.2) is 143 Å². The molecular weight excluding hydrogens is 1480 g/mol. The number of esters is 1. The van der Waals surface area contributed by atoms with E-state index in [0.717, 1.165) is 10.5 Å². The van der Waals surface area contributed by atoms with Crippen LogP contribution in [0.1, 0.15) is 156 Å². The number of methoxy groups -OCH3 is 3. The molecule has 28 heteroatoms. The molecule has 0 aromatic rings. The fourth-order valence-electron chi connectivity index (χ4n) is 10.7. The van der Waals surface area contributed by atoms with Crippen molar-refractivity contribution in [1.29, 1.82) is 0 Å². The predicted molar refractivity (Wildman–Crippen MR) is 464 cm³/mol. The fraction of sp³-hybridized carbons (Fsp3) is 0.407. The van der Waals surface area contributed by atoms with Gasteiger partial charge in [-0.1, -0.05) is 54.4 Å². The van der Waals surface area contributed by atoms with Gasteiger partial charge in [-0.25, -0.2) is 15.3 Å². The topological polar surface area (TPSA) is 349 Å². The van der Waals surface area contributed by atoms with Crippen LogP contribution in [0.3, 0.4) is 0 Å². The van der Waals surface area contributed by atoms with Crippen LogP contribution < -0.4 is 5.64 Å². The number of nitrogens with one attached hydrogen (secondary N) is 1. The summed E-state index contributed by atoms with van der Waals surface area (Å²) in [5.74, 6) is 93.4. The first-order valence-electron chi connectivity index (χ1n) is 33.8. The molecule has 114 heavy (non-hydrogen) atoms. The summed E-state index contributed by atoms with van der Waals surface area (Å²) in [4.78, 5) is 76.7. The Morgan fingerprint density at radius 3 is 1.44 bits per heavy atom. The molecular formula is C86H136N2O26. The van der Waals surface area contributed by atoms with Gasteiger partial charge in [0.2, 0.25) is 5.79 Å². The number of Topliss-reactive ketones (excluding diaryl/α,β-unsaturated/α-hetero) is 2. The Morgan fingerprint density at radius 1 is 0.579 bits per heavy atom. The lowest BCUT2D eigenvalue weighted by Crippen LogP contribution is -2.64. The summed E-state index contributed by atoms with van der Waals surface area (Å²) in [5.41, 5.74) is 2.83. The quantitative estimate of drug-likeness (QED) is 0.0108. The van der Waals surface area contributed by atoms with E-state index >= 15 is 0 Å². The average Bonchev–Trinajstić information content (AvgIpc) is 0.943. The number of aldehydes is 1. The van der Waals surface area contributed by atoms with Crippen LogP contribution in [0.5, 0.6) is 0 Å². The molecule has 4 aliphatic rings. The first-order chi connectivity index (χ1) is 55.3. The number of carbonyl (C=O) groups excluding carboxylic acids is 5. The van der Waals surface area contributed by atoms with E-state index in [9.17, 15) is 39.3 Å². The first kappa shape index (κ1) is 97.4. The largest absolute Gasteiger partial charge is 0.456 e. The zero-order valence-corrected chi connectivity index (χ0v) is 63.1. The molecule has 1 amide bonds. The third-order valence-corrected chi connectivity index (χ3v) is 15.7. The third-order valence-electron chi connectivity index (χ3n) is 15.7. The average molecular weight is 1610 g/mol. The molecule has 3 fully saturated rings. The SMILES string of the molecule is C#CC#CC#CC#CC#CC#CC#CC#CC#CC#CC#CC#CC#CC#CC#CC#CC#CC#CC#CC#CC#CC.CO[C@H]1C[C@@H](C)C/C(C)=C/[C@@H](CC=O)C(=O)C[C@H](O)[C@@H](C)[C@@H](/C(C)=C/[C@@H]2CC[C@@H](O)[C@H](OC)C2)OC(=O)[C@@H]2CCCCN2C(=O)C(=O)[C@]2(O)O[C@H]1[C@@H](OC)C[C@H]2C.OOOOOONOOOOOOO.[HH].[HH].[HH].[HH].[HH].[HH].[HH].[HH].[HH].[HH].[HH].[HH].[HH].[HH].[HH].[HH].[HH].[HH].[HH].[HH].[HH].[HH].[HH].[HH].[HH].[HH].[HH].[HH].[HH].[HH].[HH]. The van der Waals surface area contributed by atoms with E-state index in [2.05, 4.69) is 298 Å². The van der Waals surface area contributed by atoms with E-state index in [0.29, 0.717) is 56.8 Å². The van der Waals surface area contributed by atoms with Crippen LogP contribution in [0, 0.1) is 279 Å². The molecule has 28 nitrogen and oxygen atoms in total. The fourth-order valence-corrected chi connectivity index (χ4v) is 10.7. The van der Waals surface area contributed by atoms with Gasteiger partial charge in [-0.05, 0) is 242 Å². The molecule has 3 heterocycles. The Labute approximate surface area is 708 Å². The number of aliphatic hydroxyl groups is 3. The molecule has 1 saturated carbocycles. The van der Waals surface area contributed by atoms with E-state index in [4.69, 9.17) is 40.6 Å². The zero-order valence-electron chi connectivity index (χ0n) is 63.1. The van der Waals surface area contributed by atoms with Crippen LogP contribution in [0.25, 0.3) is 0 Å². The first-order valence-corrected chi connectivity index (χ1v) is 33.8. The number of cyclic esters (lactones) is 1. The number of ether oxygens (including phenoxy) is 5. The second-order valence-corrected chi connectivity index (χ2v) is 23.3. The number of ketones is 2. The van der Waals surface area contributed by atoms with Gasteiger partial charge in [-0.15, -0.1) is 6.42 Å². The molecule has 646 valence electrons. The van der Waals surface area contributed by atoms with Gasteiger partial charge in [0.1, 0.15) is 30.3 Å². The van der Waals surface area contributed by atoms with Gasteiger partial charge in [0.25, 0.3) is 11.7 Å². The summed E-state index contributed by atoms with van der Waals surface area (Å²) in [6.45, 7) is 10.7. The number of carbonyl (C=O) groups is 5. The minimum absolute atomic E-state index is 0. The van der Waals surface area contributed by atoms with Crippen molar-refractivity contribution in [1.82, 2.24) is 10.5 Å². The lowest BCUT2D eigenvalue weighted by molar-refractivity contribution is -0.808. The number of rotatable bonds is 18. The van der Waals surface area contributed by atoms with Gasteiger partial charge in [-0.2, -0.15) is 0 Å². The highest BCUT2D eigenvalue weighted by molar-refractivity contribution is 6.39. The smallest absolute Gasteiger partial charge is 0.329 e. The maximum atomic E-state index is 14.3. The van der Waals surface area contributed by atoms with Crippen molar-refractivity contribution in [2.24, 2.45) is 29.6 Å². The van der Waals surface area contributed by atoms with Crippen LogP contribution in [0.15, 0.2) is 23.3 Å². The Kier molecular flexibility index (Phi) is 53.0. The van der Waals surface area contributed by atoms with E-state index in [1.807, 2.05) is 19.9 Å². The number of allylic oxidation sites excluding steroid dienone is 3. The number of nitrogens with zero attached hydrogens (tertiary/aromatic N) is 1. The molecule has 14 atom stereocenters. The second kappa shape index (κ2) is 62.0. The molecule has 2 saturated heterocycles. The molecule has 0 aromatic carbocycles. The zero-order chi connectivity index (χ0) is 83.7. The normalized spacial score (nSPS) is 23.3. The van der Waals surface area contributed by atoms with Crippen LogP contribution >= 0.6 is 0 Å². The van der Waals surface area contributed by atoms with Crippen molar-refractivity contribution < 1.29 is 173 Å². The molecule has 4 rings (SSSR count). The second-order valence-electron chi connectivity index (χ2n) is 23.3. The Morgan fingerprint density at radius 2 is 1.01 bits per heavy atom. The van der Waals surface area contributed by atoms with Gasteiger partial charge in [0, 0.05) is 245 Å².